The van der Waals surface area contributed by atoms with Gasteiger partial charge >= 0.3 is 0 Å². The summed E-state index contributed by atoms with van der Waals surface area (Å²) in [7, 11) is 3.84. The standard InChI is InChI=1S/C18H33N5O/c1-6-24-17(14(2)3)7-9-20-18(19-4)23-10-8-15(13-23)16-11-21-22(5)12-16/h11-12,14-15,17H,6-10,13H2,1-5H3,(H,19,20). The predicted molar refractivity (Wildman–Crippen MR) is 98.4 cm³/mol. The topological polar surface area (TPSA) is 54.7 Å². The predicted octanol–water partition coefficient (Wildman–Crippen LogP) is 2.24. The fraction of sp³-hybridized carbons (Fsp3) is 0.778. The highest BCUT2D eigenvalue weighted by Gasteiger charge is 2.27. The quantitative estimate of drug-likeness (QED) is 0.613. The summed E-state index contributed by atoms with van der Waals surface area (Å²) in [6.07, 6.45) is 6.58. The number of hydrogen-bond acceptors (Lipinski definition) is 3. The van der Waals surface area contributed by atoms with Crippen LogP contribution in [0.1, 0.15) is 45.1 Å². The van der Waals surface area contributed by atoms with Gasteiger partial charge in [0, 0.05) is 52.5 Å². The lowest BCUT2D eigenvalue weighted by Crippen LogP contribution is -2.41. The highest BCUT2D eigenvalue weighted by molar-refractivity contribution is 5.80. The van der Waals surface area contributed by atoms with Crippen LogP contribution in [0.25, 0.3) is 0 Å². The monoisotopic (exact) mass is 335 g/mol. The highest BCUT2D eigenvalue weighted by atomic mass is 16.5. The average molecular weight is 335 g/mol. The number of guanidine groups is 1. The number of aryl methyl sites for hydroxylation is 1. The molecule has 1 aromatic heterocycles. The van der Waals surface area contributed by atoms with Crippen molar-refractivity contribution in [2.45, 2.75) is 45.6 Å². The lowest BCUT2D eigenvalue weighted by atomic mass is 10.0. The molecule has 6 heteroatoms. The molecule has 0 radical (unpaired) electrons. The van der Waals surface area contributed by atoms with Crippen LogP contribution in [0.15, 0.2) is 17.4 Å². The van der Waals surface area contributed by atoms with Crippen molar-refractivity contribution in [3.63, 3.8) is 0 Å². The van der Waals surface area contributed by atoms with Gasteiger partial charge in [-0.1, -0.05) is 13.8 Å². The third-order valence-corrected chi connectivity index (χ3v) is 4.73. The number of nitrogens with zero attached hydrogens (tertiary/aromatic N) is 4. The maximum absolute atomic E-state index is 5.82. The number of ether oxygens (including phenoxy) is 1. The zero-order valence-electron chi connectivity index (χ0n) is 15.8. The van der Waals surface area contributed by atoms with Crippen LogP contribution in [-0.2, 0) is 11.8 Å². The first kappa shape index (κ1) is 18.8. The van der Waals surface area contributed by atoms with Crippen molar-refractivity contribution in [1.29, 1.82) is 0 Å². The summed E-state index contributed by atoms with van der Waals surface area (Å²) in [6, 6.07) is 0. The second kappa shape index (κ2) is 9.06. The summed E-state index contributed by atoms with van der Waals surface area (Å²) in [4.78, 5) is 6.81. The van der Waals surface area contributed by atoms with E-state index in [0.717, 1.165) is 45.0 Å². The molecule has 1 aliphatic rings. The summed E-state index contributed by atoms with van der Waals surface area (Å²) >= 11 is 0. The minimum atomic E-state index is 0.308. The van der Waals surface area contributed by atoms with Gasteiger partial charge in [0.2, 0.25) is 0 Å². The van der Waals surface area contributed by atoms with Gasteiger partial charge in [0.1, 0.15) is 0 Å². The van der Waals surface area contributed by atoms with Crippen molar-refractivity contribution >= 4 is 5.96 Å². The fourth-order valence-corrected chi connectivity index (χ4v) is 3.36. The molecule has 2 atom stereocenters. The molecule has 0 aromatic carbocycles. The molecule has 2 rings (SSSR count). The molecule has 0 spiro atoms. The molecule has 2 heterocycles. The van der Waals surface area contributed by atoms with Gasteiger partial charge in [0.05, 0.1) is 12.3 Å². The molecule has 1 N–H and O–H groups in total. The maximum Gasteiger partial charge on any atom is 0.193 e. The lowest BCUT2D eigenvalue weighted by Gasteiger charge is -2.24. The highest BCUT2D eigenvalue weighted by Crippen LogP contribution is 2.26. The second-order valence-electron chi connectivity index (χ2n) is 6.88. The molecule has 0 saturated carbocycles. The van der Waals surface area contributed by atoms with E-state index in [1.807, 2.05) is 25.0 Å². The molecule has 2 unspecified atom stereocenters. The number of rotatable bonds is 7. The Morgan fingerprint density at radius 3 is 2.88 bits per heavy atom. The summed E-state index contributed by atoms with van der Waals surface area (Å²) in [5, 5.41) is 7.80. The van der Waals surface area contributed by atoms with Crippen LogP contribution in [0.4, 0.5) is 0 Å². The zero-order valence-corrected chi connectivity index (χ0v) is 15.8. The molecule has 24 heavy (non-hydrogen) atoms. The van der Waals surface area contributed by atoms with E-state index in [4.69, 9.17) is 4.74 Å². The van der Waals surface area contributed by atoms with E-state index in [0.29, 0.717) is 17.9 Å². The SMILES string of the molecule is CCOC(CCNC(=NC)N1CCC(c2cnn(C)c2)C1)C(C)C. The van der Waals surface area contributed by atoms with Crippen LogP contribution in [-0.4, -0.2) is 60.0 Å². The van der Waals surface area contributed by atoms with Gasteiger partial charge in [0.25, 0.3) is 0 Å². The Morgan fingerprint density at radius 2 is 2.29 bits per heavy atom. The first-order valence-corrected chi connectivity index (χ1v) is 9.10. The number of nitrogens with one attached hydrogen (secondary N) is 1. The molecule has 1 saturated heterocycles. The maximum atomic E-state index is 5.82. The van der Waals surface area contributed by atoms with Crippen molar-refractivity contribution < 1.29 is 4.74 Å². The summed E-state index contributed by atoms with van der Waals surface area (Å²) < 4.78 is 7.70. The van der Waals surface area contributed by atoms with Gasteiger partial charge in [-0.25, -0.2) is 0 Å². The number of likely N-dealkylation sites (tertiary alicyclic amines) is 1. The zero-order chi connectivity index (χ0) is 17.5. The van der Waals surface area contributed by atoms with E-state index in [2.05, 4.69) is 47.3 Å². The van der Waals surface area contributed by atoms with E-state index in [-0.39, 0.29) is 0 Å². The van der Waals surface area contributed by atoms with Crippen molar-refractivity contribution in [3.05, 3.63) is 18.0 Å². The van der Waals surface area contributed by atoms with Crippen LogP contribution >= 0.6 is 0 Å². The minimum Gasteiger partial charge on any atom is -0.378 e. The largest absolute Gasteiger partial charge is 0.378 e. The van der Waals surface area contributed by atoms with Crippen LogP contribution in [0.5, 0.6) is 0 Å². The molecule has 0 aliphatic carbocycles. The Bertz CT molecular complexity index is 525. The van der Waals surface area contributed by atoms with Gasteiger partial charge in [-0.05, 0) is 31.2 Å². The van der Waals surface area contributed by atoms with Crippen molar-refractivity contribution in [2.24, 2.45) is 18.0 Å². The van der Waals surface area contributed by atoms with Crippen molar-refractivity contribution in [2.75, 3.05) is 33.3 Å². The van der Waals surface area contributed by atoms with E-state index >= 15 is 0 Å². The molecule has 136 valence electrons. The van der Waals surface area contributed by atoms with Crippen molar-refractivity contribution in [3.8, 4) is 0 Å². The average Bonchev–Trinajstić information content (AvgIpc) is 3.19. The van der Waals surface area contributed by atoms with E-state index in [1.54, 1.807) is 0 Å². The summed E-state index contributed by atoms with van der Waals surface area (Å²) in [6.45, 7) is 10.2. The second-order valence-corrected chi connectivity index (χ2v) is 6.88. The molecule has 1 aromatic rings. The molecular weight excluding hydrogens is 302 g/mol. The van der Waals surface area contributed by atoms with Gasteiger partial charge in [-0.2, -0.15) is 5.10 Å². The third-order valence-electron chi connectivity index (χ3n) is 4.73. The Morgan fingerprint density at radius 1 is 1.50 bits per heavy atom. The van der Waals surface area contributed by atoms with Crippen LogP contribution in [0.2, 0.25) is 0 Å². The Balaban J connectivity index is 1.82. The smallest absolute Gasteiger partial charge is 0.193 e. The first-order chi connectivity index (χ1) is 11.5. The fourth-order valence-electron chi connectivity index (χ4n) is 3.36. The Labute approximate surface area is 146 Å². The molecule has 6 nitrogen and oxygen atoms in total. The van der Waals surface area contributed by atoms with Crippen LogP contribution in [0.3, 0.4) is 0 Å². The minimum absolute atomic E-state index is 0.308. The van der Waals surface area contributed by atoms with Crippen molar-refractivity contribution in [1.82, 2.24) is 20.0 Å². The summed E-state index contributed by atoms with van der Waals surface area (Å²) in [5.41, 5.74) is 1.33. The molecule has 0 bridgehead atoms. The Hall–Kier alpha value is -1.56. The van der Waals surface area contributed by atoms with E-state index < -0.39 is 0 Å². The van der Waals surface area contributed by atoms with E-state index in [9.17, 15) is 0 Å². The number of hydrogen-bond donors (Lipinski definition) is 1. The normalized spacial score (nSPS) is 20.0. The summed E-state index contributed by atoms with van der Waals surface area (Å²) in [5.74, 6) is 2.08. The molecular formula is C18H33N5O. The van der Waals surface area contributed by atoms with Gasteiger partial charge in [-0.3, -0.25) is 9.67 Å². The molecule has 1 aliphatic heterocycles. The number of aromatic nitrogens is 2. The Kier molecular flexibility index (Phi) is 7.09. The number of aliphatic imine (C=N–C) groups is 1. The van der Waals surface area contributed by atoms with Crippen LogP contribution in [0, 0.1) is 5.92 Å². The molecule has 0 amide bonds. The van der Waals surface area contributed by atoms with Gasteiger partial charge in [0.15, 0.2) is 5.96 Å². The first-order valence-electron chi connectivity index (χ1n) is 9.10. The third kappa shape index (κ3) is 4.97. The lowest BCUT2D eigenvalue weighted by molar-refractivity contribution is 0.0257. The van der Waals surface area contributed by atoms with Gasteiger partial charge in [-0.15, -0.1) is 0 Å². The van der Waals surface area contributed by atoms with Gasteiger partial charge < -0.3 is 15.0 Å². The van der Waals surface area contributed by atoms with Crippen LogP contribution < -0.4 is 5.32 Å². The van der Waals surface area contributed by atoms with E-state index in [1.165, 1.54) is 5.56 Å². The molecule has 1 fully saturated rings.